The zero-order valence-electron chi connectivity index (χ0n) is 22.5. The van der Waals surface area contributed by atoms with Crippen LogP contribution in [0.5, 0.6) is 0 Å². The second-order valence-electron chi connectivity index (χ2n) is 9.41. The first kappa shape index (κ1) is 28.9. The number of aryl methyl sites for hydroxylation is 1. The first-order valence-corrected chi connectivity index (χ1v) is 14.4. The van der Waals surface area contributed by atoms with Gasteiger partial charge in [0.05, 0.1) is 10.6 Å². The van der Waals surface area contributed by atoms with Gasteiger partial charge in [-0.25, -0.2) is 8.42 Å². The molecule has 0 spiro atoms. The number of carbonyl (C=O) groups is 2. The summed E-state index contributed by atoms with van der Waals surface area (Å²) >= 11 is 0. The summed E-state index contributed by atoms with van der Waals surface area (Å²) in [6.07, 6.45) is 1.14. The van der Waals surface area contributed by atoms with E-state index in [2.05, 4.69) is 5.32 Å². The molecule has 202 valence electrons. The maximum absolute atomic E-state index is 14.0. The molecule has 0 heterocycles. The lowest BCUT2D eigenvalue weighted by Gasteiger charge is -2.33. The highest BCUT2D eigenvalue weighted by atomic mass is 32.2. The Labute approximate surface area is 226 Å². The van der Waals surface area contributed by atoms with Crippen molar-refractivity contribution in [1.29, 1.82) is 0 Å². The lowest BCUT2D eigenvalue weighted by molar-refractivity contribution is -0.140. The summed E-state index contributed by atoms with van der Waals surface area (Å²) in [5.74, 6) is -0.710. The van der Waals surface area contributed by atoms with Crippen LogP contribution in [0.2, 0.25) is 0 Å². The van der Waals surface area contributed by atoms with Gasteiger partial charge in [-0.1, -0.05) is 80.1 Å². The van der Waals surface area contributed by atoms with Crippen molar-refractivity contribution in [3.8, 4) is 0 Å². The molecule has 3 rings (SSSR count). The monoisotopic (exact) mass is 535 g/mol. The minimum absolute atomic E-state index is 0.0482. The van der Waals surface area contributed by atoms with Gasteiger partial charge in [-0.15, -0.1) is 0 Å². The van der Waals surface area contributed by atoms with Crippen LogP contribution in [0.3, 0.4) is 0 Å². The molecule has 0 fully saturated rings. The number of sulfonamides is 1. The molecule has 2 unspecified atom stereocenters. The number of amides is 2. The number of anilines is 1. The standard InChI is InChI=1S/C30H37N3O4S/c1-5-24(4)31-30(35)28(6-2)32(21-25-13-9-7-10-14-25)29(34)22-33(26-15-11-8-12-16-26)38(36,37)27-19-17-23(3)18-20-27/h7-20,24,28H,5-6,21-22H2,1-4H3,(H,31,35). The van der Waals surface area contributed by atoms with Crippen LogP contribution in [0.25, 0.3) is 0 Å². The molecule has 2 amide bonds. The van der Waals surface area contributed by atoms with E-state index in [0.717, 1.165) is 21.9 Å². The maximum Gasteiger partial charge on any atom is 0.264 e. The van der Waals surface area contributed by atoms with Gasteiger partial charge in [-0.05, 0) is 56.5 Å². The number of nitrogens with one attached hydrogen (secondary N) is 1. The van der Waals surface area contributed by atoms with Crippen LogP contribution in [0.4, 0.5) is 5.69 Å². The van der Waals surface area contributed by atoms with Gasteiger partial charge in [0, 0.05) is 12.6 Å². The molecular weight excluding hydrogens is 498 g/mol. The minimum atomic E-state index is -4.06. The van der Waals surface area contributed by atoms with Gasteiger partial charge in [-0.2, -0.15) is 0 Å². The second-order valence-corrected chi connectivity index (χ2v) is 11.3. The van der Waals surface area contributed by atoms with Crippen LogP contribution < -0.4 is 9.62 Å². The molecular formula is C30H37N3O4S. The third kappa shape index (κ3) is 7.22. The largest absolute Gasteiger partial charge is 0.352 e. The summed E-state index contributed by atoms with van der Waals surface area (Å²) in [5.41, 5.74) is 2.15. The molecule has 7 nitrogen and oxygen atoms in total. The first-order chi connectivity index (χ1) is 18.2. The summed E-state index contributed by atoms with van der Waals surface area (Å²) in [7, 11) is -4.06. The Balaban J connectivity index is 2.01. The lowest BCUT2D eigenvalue weighted by atomic mass is 10.1. The van der Waals surface area contributed by atoms with Crippen LogP contribution in [0.1, 0.15) is 44.7 Å². The molecule has 3 aromatic rings. The number of hydrogen-bond donors (Lipinski definition) is 1. The Morgan fingerprint density at radius 1 is 0.842 bits per heavy atom. The van der Waals surface area contributed by atoms with Crippen LogP contribution in [0, 0.1) is 6.92 Å². The van der Waals surface area contributed by atoms with Crippen molar-refractivity contribution in [3.63, 3.8) is 0 Å². The van der Waals surface area contributed by atoms with Crippen molar-refractivity contribution in [2.24, 2.45) is 0 Å². The SMILES string of the molecule is CCC(C)NC(=O)C(CC)N(Cc1ccccc1)C(=O)CN(c1ccccc1)S(=O)(=O)c1ccc(C)cc1. The highest BCUT2D eigenvalue weighted by Crippen LogP contribution is 2.25. The molecule has 2 atom stereocenters. The van der Waals surface area contributed by atoms with Gasteiger partial charge in [0.15, 0.2) is 0 Å². The predicted octanol–water partition coefficient (Wildman–Crippen LogP) is 4.91. The first-order valence-electron chi connectivity index (χ1n) is 13.0. The van der Waals surface area contributed by atoms with E-state index >= 15 is 0 Å². The van der Waals surface area contributed by atoms with Crippen LogP contribution in [-0.2, 0) is 26.2 Å². The van der Waals surface area contributed by atoms with E-state index in [1.165, 1.54) is 4.90 Å². The maximum atomic E-state index is 14.0. The second kappa shape index (κ2) is 13.2. The fourth-order valence-electron chi connectivity index (χ4n) is 4.10. The Morgan fingerprint density at radius 2 is 1.42 bits per heavy atom. The molecule has 38 heavy (non-hydrogen) atoms. The number of benzene rings is 3. The van der Waals surface area contributed by atoms with Crippen LogP contribution >= 0.6 is 0 Å². The highest BCUT2D eigenvalue weighted by molar-refractivity contribution is 7.92. The number of nitrogens with zero attached hydrogens (tertiary/aromatic N) is 2. The average molecular weight is 536 g/mol. The van der Waals surface area contributed by atoms with Crippen molar-refractivity contribution in [2.75, 3.05) is 10.8 Å². The lowest BCUT2D eigenvalue weighted by Crippen LogP contribution is -2.53. The molecule has 0 aliphatic heterocycles. The highest BCUT2D eigenvalue weighted by Gasteiger charge is 2.33. The van der Waals surface area contributed by atoms with Crippen LogP contribution in [0.15, 0.2) is 89.8 Å². The quantitative estimate of drug-likeness (QED) is 0.357. The van der Waals surface area contributed by atoms with Gasteiger partial charge in [0.2, 0.25) is 11.8 Å². The summed E-state index contributed by atoms with van der Waals surface area (Å²) in [6.45, 7) is 7.36. The topological polar surface area (TPSA) is 86.8 Å². The van der Waals surface area contributed by atoms with Crippen molar-refractivity contribution < 1.29 is 18.0 Å². The van der Waals surface area contributed by atoms with E-state index < -0.39 is 28.5 Å². The van der Waals surface area contributed by atoms with E-state index in [-0.39, 0.29) is 23.4 Å². The molecule has 0 aromatic heterocycles. The third-order valence-corrected chi connectivity index (χ3v) is 8.30. The molecule has 0 aliphatic carbocycles. The van der Waals surface area contributed by atoms with Crippen LogP contribution in [-0.4, -0.2) is 43.8 Å². The molecule has 0 saturated heterocycles. The van der Waals surface area contributed by atoms with E-state index in [1.54, 1.807) is 54.6 Å². The van der Waals surface area contributed by atoms with E-state index in [4.69, 9.17) is 0 Å². The van der Waals surface area contributed by atoms with Crippen molar-refractivity contribution in [2.45, 2.75) is 64.1 Å². The average Bonchev–Trinajstić information content (AvgIpc) is 2.92. The third-order valence-electron chi connectivity index (χ3n) is 6.51. The molecule has 0 radical (unpaired) electrons. The fraction of sp³-hybridized carbons (Fsp3) is 0.333. The molecule has 8 heteroatoms. The molecule has 0 aliphatic rings. The van der Waals surface area contributed by atoms with Crippen molar-refractivity contribution in [1.82, 2.24) is 10.2 Å². The zero-order valence-corrected chi connectivity index (χ0v) is 23.3. The van der Waals surface area contributed by atoms with E-state index in [0.29, 0.717) is 12.1 Å². The Morgan fingerprint density at radius 3 is 1.97 bits per heavy atom. The van der Waals surface area contributed by atoms with Gasteiger partial charge < -0.3 is 10.2 Å². The Hall–Kier alpha value is -3.65. The minimum Gasteiger partial charge on any atom is -0.352 e. The summed E-state index contributed by atoms with van der Waals surface area (Å²) < 4.78 is 28.7. The van der Waals surface area contributed by atoms with Crippen molar-refractivity contribution in [3.05, 3.63) is 96.1 Å². The Kier molecular flexibility index (Phi) is 10.1. The summed E-state index contributed by atoms with van der Waals surface area (Å²) in [4.78, 5) is 28.8. The summed E-state index contributed by atoms with van der Waals surface area (Å²) in [5, 5.41) is 2.98. The van der Waals surface area contributed by atoms with Gasteiger partial charge >= 0.3 is 0 Å². The number of rotatable bonds is 12. The predicted molar refractivity (Wildman–Crippen MR) is 151 cm³/mol. The summed E-state index contributed by atoms with van der Waals surface area (Å²) in [6, 6.07) is 23.7. The van der Waals surface area contributed by atoms with Gasteiger partial charge in [-0.3, -0.25) is 13.9 Å². The number of hydrogen-bond acceptors (Lipinski definition) is 4. The van der Waals surface area contributed by atoms with Gasteiger partial charge in [0.25, 0.3) is 10.0 Å². The normalized spacial score (nSPS) is 12.8. The molecule has 0 bridgehead atoms. The molecule has 1 N–H and O–H groups in total. The smallest absolute Gasteiger partial charge is 0.264 e. The number of carbonyl (C=O) groups excluding carboxylic acids is 2. The van der Waals surface area contributed by atoms with Crippen molar-refractivity contribution >= 4 is 27.5 Å². The van der Waals surface area contributed by atoms with E-state index in [9.17, 15) is 18.0 Å². The Bertz CT molecular complexity index is 1300. The fourth-order valence-corrected chi connectivity index (χ4v) is 5.52. The zero-order chi connectivity index (χ0) is 27.7. The van der Waals surface area contributed by atoms with E-state index in [1.807, 2.05) is 58.0 Å². The number of para-hydroxylation sites is 1. The molecule has 0 saturated carbocycles. The van der Waals surface area contributed by atoms with Gasteiger partial charge in [0.1, 0.15) is 12.6 Å². The molecule has 3 aromatic carbocycles.